The van der Waals surface area contributed by atoms with E-state index in [2.05, 4.69) is 10.2 Å². The van der Waals surface area contributed by atoms with Gasteiger partial charge in [0.25, 0.3) is 0 Å². The maximum absolute atomic E-state index is 11.3. The molecule has 15 heavy (non-hydrogen) atoms. The molecule has 2 heterocycles. The van der Waals surface area contributed by atoms with Gasteiger partial charge in [-0.25, -0.2) is 0 Å². The lowest BCUT2D eigenvalue weighted by atomic mass is 9.97. The lowest BCUT2D eigenvalue weighted by molar-refractivity contribution is -0.144. The monoisotopic (exact) mass is 212 g/mol. The summed E-state index contributed by atoms with van der Waals surface area (Å²) in [5.41, 5.74) is 0. The summed E-state index contributed by atoms with van der Waals surface area (Å²) in [5.74, 6) is -0.656. The van der Waals surface area contributed by atoms with Crippen molar-refractivity contribution in [2.45, 2.75) is 44.2 Å². The zero-order chi connectivity index (χ0) is 10.7. The smallest absolute Gasteiger partial charge is 0.322 e. The van der Waals surface area contributed by atoms with Crippen molar-refractivity contribution in [3.63, 3.8) is 0 Å². The molecule has 2 fully saturated rings. The molecule has 2 rings (SSSR count). The number of hydrogen-bond acceptors (Lipinski definition) is 3. The number of carboxylic acid groups (broad SMARTS) is 1. The van der Waals surface area contributed by atoms with Gasteiger partial charge >= 0.3 is 5.97 Å². The lowest BCUT2D eigenvalue weighted by Gasteiger charge is -2.34. The van der Waals surface area contributed by atoms with Gasteiger partial charge in [0.1, 0.15) is 6.04 Å². The Morgan fingerprint density at radius 2 is 2.00 bits per heavy atom. The van der Waals surface area contributed by atoms with Crippen molar-refractivity contribution in [3.05, 3.63) is 0 Å². The Morgan fingerprint density at radius 3 is 2.53 bits per heavy atom. The largest absolute Gasteiger partial charge is 0.480 e. The Labute approximate surface area is 90.6 Å². The molecule has 2 saturated heterocycles. The molecule has 2 atom stereocenters. The van der Waals surface area contributed by atoms with E-state index in [1.54, 1.807) is 0 Å². The number of nitrogens with one attached hydrogen (secondary N) is 1. The van der Waals surface area contributed by atoms with Crippen molar-refractivity contribution in [2.75, 3.05) is 19.6 Å². The Morgan fingerprint density at radius 1 is 1.27 bits per heavy atom. The second kappa shape index (κ2) is 4.94. The van der Waals surface area contributed by atoms with E-state index < -0.39 is 5.97 Å². The Balaban J connectivity index is 2.00. The minimum atomic E-state index is -0.656. The molecule has 0 aromatic rings. The van der Waals surface area contributed by atoms with Crippen LogP contribution in [-0.4, -0.2) is 47.7 Å². The van der Waals surface area contributed by atoms with Crippen LogP contribution in [-0.2, 0) is 4.79 Å². The molecule has 0 saturated carbocycles. The fourth-order valence-electron chi connectivity index (χ4n) is 2.75. The highest BCUT2D eigenvalue weighted by molar-refractivity contribution is 5.74. The minimum absolute atomic E-state index is 0.161. The quantitative estimate of drug-likeness (QED) is 0.722. The van der Waals surface area contributed by atoms with Gasteiger partial charge in [0.2, 0.25) is 0 Å². The first-order chi connectivity index (χ1) is 7.29. The van der Waals surface area contributed by atoms with Gasteiger partial charge in [0, 0.05) is 6.04 Å². The normalized spacial score (nSPS) is 30.3. The van der Waals surface area contributed by atoms with Crippen molar-refractivity contribution in [1.29, 1.82) is 0 Å². The van der Waals surface area contributed by atoms with Crippen LogP contribution in [0.5, 0.6) is 0 Å². The van der Waals surface area contributed by atoms with Crippen LogP contribution in [0.1, 0.15) is 32.1 Å². The molecule has 0 aromatic carbocycles. The third-order valence-electron chi connectivity index (χ3n) is 3.52. The van der Waals surface area contributed by atoms with Gasteiger partial charge in [0.05, 0.1) is 0 Å². The summed E-state index contributed by atoms with van der Waals surface area (Å²) < 4.78 is 0. The predicted octanol–water partition coefficient (Wildman–Crippen LogP) is 0.677. The van der Waals surface area contributed by atoms with Crippen molar-refractivity contribution >= 4 is 5.97 Å². The molecule has 0 bridgehead atoms. The van der Waals surface area contributed by atoms with E-state index in [1.807, 2.05) is 0 Å². The Hall–Kier alpha value is -0.610. The van der Waals surface area contributed by atoms with Crippen molar-refractivity contribution in [2.24, 2.45) is 0 Å². The highest BCUT2D eigenvalue weighted by Gasteiger charge is 2.35. The summed E-state index contributed by atoms with van der Waals surface area (Å²) in [6.45, 7) is 2.88. The van der Waals surface area contributed by atoms with E-state index in [9.17, 15) is 9.90 Å². The molecule has 2 N–H and O–H groups in total. The van der Waals surface area contributed by atoms with Gasteiger partial charge in [-0.2, -0.15) is 0 Å². The van der Waals surface area contributed by atoms with Gasteiger partial charge < -0.3 is 10.4 Å². The van der Waals surface area contributed by atoms with Gasteiger partial charge in [-0.1, -0.05) is 6.42 Å². The van der Waals surface area contributed by atoms with Crippen molar-refractivity contribution in [3.8, 4) is 0 Å². The molecule has 0 aliphatic carbocycles. The molecule has 0 aromatic heterocycles. The van der Waals surface area contributed by atoms with Crippen LogP contribution in [0.4, 0.5) is 0 Å². The van der Waals surface area contributed by atoms with Crippen LogP contribution in [0.15, 0.2) is 0 Å². The van der Waals surface area contributed by atoms with Crippen LogP contribution in [0.25, 0.3) is 0 Å². The van der Waals surface area contributed by atoms with Crippen molar-refractivity contribution in [1.82, 2.24) is 10.2 Å². The van der Waals surface area contributed by atoms with Gasteiger partial charge in [-0.15, -0.1) is 0 Å². The molecule has 2 aliphatic rings. The van der Waals surface area contributed by atoms with E-state index in [0.29, 0.717) is 0 Å². The van der Waals surface area contributed by atoms with Crippen LogP contribution in [0.2, 0.25) is 0 Å². The zero-order valence-electron chi connectivity index (χ0n) is 9.11. The molecule has 2 aliphatic heterocycles. The molecule has 4 heteroatoms. The second-order valence-electron chi connectivity index (χ2n) is 4.58. The molecule has 0 radical (unpaired) electrons. The molecule has 0 spiro atoms. The number of carbonyl (C=O) groups is 1. The van der Waals surface area contributed by atoms with Crippen LogP contribution in [0, 0.1) is 0 Å². The minimum Gasteiger partial charge on any atom is -0.480 e. The van der Waals surface area contributed by atoms with Crippen LogP contribution < -0.4 is 5.32 Å². The summed E-state index contributed by atoms with van der Waals surface area (Å²) in [7, 11) is 0. The zero-order valence-corrected chi connectivity index (χ0v) is 9.11. The van der Waals surface area contributed by atoms with E-state index in [-0.39, 0.29) is 12.1 Å². The van der Waals surface area contributed by atoms with E-state index in [4.69, 9.17) is 0 Å². The fraction of sp³-hybridized carbons (Fsp3) is 0.909. The molecule has 86 valence electrons. The molecular weight excluding hydrogens is 192 g/mol. The third kappa shape index (κ3) is 2.49. The lowest BCUT2D eigenvalue weighted by Crippen LogP contribution is -2.55. The van der Waals surface area contributed by atoms with Gasteiger partial charge in [-0.3, -0.25) is 9.69 Å². The highest BCUT2D eigenvalue weighted by atomic mass is 16.4. The summed E-state index contributed by atoms with van der Waals surface area (Å²) in [6.07, 6.45) is 5.65. The number of aliphatic carboxylic acids is 1. The molecule has 2 unspecified atom stereocenters. The van der Waals surface area contributed by atoms with Gasteiger partial charge in [0.15, 0.2) is 0 Å². The molecular formula is C11H20N2O2. The first kappa shape index (κ1) is 10.9. The topological polar surface area (TPSA) is 52.6 Å². The summed E-state index contributed by atoms with van der Waals surface area (Å²) in [4.78, 5) is 13.4. The molecule has 0 amide bonds. The van der Waals surface area contributed by atoms with Gasteiger partial charge in [-0.05, 0) is 45.3 Å². The van der Waals surface area contributed by atoms with Crippen molar-refractivity contribution < 1.29 is 9.90 Å². The van der Waals surface area contributed by atoms with Crippen LogP contribution >= 0.6 is 0 Å². The number of piperidine rings is 1. The van der Waals surface area contributed by atoms with E-state index in [0.717, 1.165) is 45.3 Å². The van der Waals surface area contributed by atoms with E-state index >= 15 is 0 Å². The molecule has 4 nitrogen and oxygen atoms in total. The predicted molar refractivity (Wildman–Crippen MR) is 57.9 cm³/mol. The number of likely N-dealkylation sites (tertiary alicyclic amines) is 1. The fourth-order valence-corrected chi connectivity index (χ4v) is 2.75. The standard InChI is InChI=1S/C11H20N2O2/c14-11(15)10(13-7-3-4-8-13)9-5-1-2-6-12-9/h9-10,12H,1-8H2,(H,14,15). The third-order valence-corrected chi connectivity index (χ3v) is 3.52. The van der Waals surface area contributed by atoms with E-state index in [1.165, 1.54) is 6.42 Å². The number of carboxylic acids is 1. The number of rotatable bonds is 3. The summed E-state index contributed by atoms with van der Waals surface area (Å²) >= 11 is 0. The number of hydrogen-bond donors (Lipinski definition) is 2. The Bertz CT molecular complexity index is 221. The summed E-state index contributed by atoms with van der Waals surface area (Å²) in [6, 6.07) is -0.137. The maximum atomic E-state index is 11.3. The maximum Gasteiger partial charge on any atom is 0.322 e. The first-order valence-electron chi connectivity index (χ1n) is 5.99. The highest BCUT2D eigenvalue weighted by Crippen LogP contribution is 2.19. The summed E-state index contributed by atoms with van der Waals surface area (Å²) in [5, 5.41) is 12.7. The SMILES string of the molecule is O=C(O)C(C1CCCCN1)N1CCCC1. The first-order valence-corrected chi connectivity index (χ1v) is 5.99. The number of nitrogens with zero attached hydrogens (tertiary/aromatic N) is 1. The van der Waals surface area contributed by atoms with Crippen LogP contribution in [0.3, 0.4) is 0 Å². The average Bonchev–Trinajstić information content (AvgIpc) is 2.72. The Kier molecular flexibility index (Phi) is 3.59. The second-order valence-corrected chi connectivity index (χ2v) is 4.58. The average molecular weight is 212 g/mol.